The summed E-state index contributed by atoms with van der Waals surface area (Å²) in [6, 6.07) is 10.7. The van der Waals surface area contributed by atoms with Gasteiger partial charge >= 0.3 is 5.97 Å². The molecule has 0 saturated carbocycles. The van der Waals surface area contributed by atoms with E-state index in [0.29, 0.717) is 5.75 Å². The molecule has 0 aromatic heterocycles. The summed E-state index contributed by atoms with van der Waals surface area (Å²) in [4.78, 5) is 12.5. The van der Waals surface area contributed by atoms with Crippen molar-refractivity contribution in [3.8, 4) is 11.5 Å². The monoisotopic (exact) mass is 439 g/mol. The molecule has 0 spiro atoms. The Morgan fingerprint density at radius 3 is 2.34 bits per heavy atom. The number of sulfonamides is 1. The Balaban J connectivity index is 1.90. The lowest BCUT2D eigenvalue weighted by Crippen LogP contribution is -2.48. The number of halogens is 1. The van der Waals surface area contributed by atoms with Gasteiger partial charge in [-0.3, -0.25) is 0 Å². The predicted molar refractivity (Wildman–Crippen MR) is 108 cm³/mol. The number of nitrogens with zero attached hydrogens (tertiary/aromatic N) is 1. The summed E-state index contributed by atoms with van der Waals surface area (Å²) in [5.74, 6) is -0.0968. The number of carbonyl (C=O) groups excluding carboxylic acids is 1. The summed E-state index contributed by atoms with van der Waals surface area (Å²) in [5.41, 5.74) is 0.0632. The van der Waals surface area contributed by atoms with Crippen LogP contribution in [0.5, 0.6) is 11.5 Å². The number of ether oxygens (including phenoxy) is 3. The first-order valence-corrected chi connectivity index (χ1v) is 10.8. The second-order valence-corrected chi connectivity index (χ2v) is 9.08. The van der Waals surface area contributed by atoms with Crippen LogP contribution in [0.3, 0.4) is 0 Å². The lowest BCUT2D eigenvalue weighted by Gasteiger charge is -2.34. The zero-order chi connectivity index (χ0) is 21.2. The van der Waals surface area contributed by atoms with Crippen molar-refractivity contribution in [3.05, 3.63) is 53.1 Å². The van der Waals surface area contributed by atoms with E-state index in [2.05, 4.69) is 0 Å². The lowest BCUT2D eigenvalue weighted by molar-refractivity contribution is -0.0440. The minimum Gasteiger partial charge on any atom is -0.493 e. The van der Waals surface area contributed by atoms with Gasteiger partial charge in [0.2, 0.25) is 10.0 Å². The molecule has 2 aromatic carbocycles. The number of hydrogen-bond donors (Lipinski definition) is 0. The van der Waals surface area contributed by atoms with Crippen LogP contribution < -0.4 is 9.47 Å². The number of methoxy groups -OCH3 is 1. The number of benzene rings is 2. The molecule has 2 aromatic rings. The first-order valence-electron chi connectivity index (χ1n) is 9.02. The van der Waals surface area contributed by atoms with Gasteiger partial charge < -0.3 is 14.2 Å². The molecule has 0 radical (unpaired) electrons. The molecule has 1 aliphatic heterocycles. The standard InChI is InChI=1S/C20H22ClNO6S/c1-13-11-22(12-14(2)27-13)29(24,25)19-10-15(8-9-16(19)21)20(23)28-18-7-5-4-6-17(18)26-3/h4-10,13-14H,11-12H2,1-3H3/t13-,14-/m0/s1. The predicted octanol–water partition coefficient (Wildman–Crippen LogP) is 3.37. The van der Waals surface area contributed by atoms with Gasteiger partial charge in [0.25, 0.3) is 0 Å². The number of esters is 1. The van der Waals surface area contributed by atoms with E-state index in [0.717, 1.165) is 0 Å². The number of morpholine rings is 1. The molecule has 0 bridgehead atoms. The molecule has 0 aliphatic carbocycles. The van der Waals surface area contributed by atoms with Crippen LogP contribution in [0.2, 0.25) is 5.02 Å². The third-order valence-corrected chi connectivity index (χ3v) is 6.76. The van der Waals surface area contributed by atoms with E-state index in [1.165, 1.54) is 29.6 Å². The van der Waals surface area contributed by atoms with E-state index in [4.69, 9.17) is 25.8 Å². The van der Waals surface area contributed by atoms with Crippen molar-refractivity contribution >= 4 is 27.6 Å². The molecule has 0 unspecified atom stereocenters. The molecular formula is C20H22ClNO6S. The molecule has 1 aliphatic rings. The normalized spacial score (nSPS) is 20.3. The van der Waals surface area contributed by atoms with Gasteiger partial charge in [-0.1, -0.05) is 23.7 Å². The number of carbonyl (C=O) groups is 1. The second-order valence-electron chi connectivity index (χ2n) is 6.76. The van der Waals surface area contributed by atoms with Gasteiger partial charge in [-0.15, -0.1) is 0 Å². The average molecular weight is 440 g/mol. The highest BCUT2D eigenvalue weighted by molar-refractivity contribution is 7.89. The van der Waals surface area contributed by atoms with Crippen LogP contribution in [-0.4, -0.2) is 51.1 Å². The van der Waals surface area contributed by atoms with Crippen LogP contribution in [-0.2, 0) is 14.8 Å². The fraction of sp³-hybridized carbons (Fsp3) is 0.350. The van der Waals surface area contributed by atoms with Crippen LogP contribution in [0, 0.1) is 0 Å². The Bertz CT molecular complexity index is 1000. The smallest absolute Gasteiger partial charge is 0.343 e. The molecule has 1 heterocycles. The van der Waals surface area contributed by atoms with E-state index in [1.807, 2.05) is 0 Å². The first kappa shape index (κ1) is 21.6. The minimum atomic E-state index is -3.91. The first-order chi connectivity index (χ1) is 13.7. The van der Waals surface area contributed by atoms with Gasteiger partial charge in [0.05, 0.1) is 29.9 Å². The fourth-order valence-corrected chi connectivity index (χ4v) is 5.25. The second kappa shape index (κ2) is 8.71. The highest BCUT2D eigenvalue weighted by Crippen LogP contribution is 2.30. The zero-order valence-electron chi connectivity index (χ0n) is 16.3. The van der Waals surface area contributed by atoms with E-state index in [-0.39, 0.29) is 46.5 Å². The van der Waals surface area contributed by atoms with E-state index in [1.54, 1.807) is 38.1 Å². The summed E-state index contributed by atoms with van der Waals surface area (Å²) in [5, 5.41) is 0.0330. The SMILES string of the molecule is COc1ccccc1OC(=O)c1ccc(Cl)c(S(=O)(=O)N2C[C@H](C)O[C@@H](C)C2)c1. The Hall–Kier alpha value is -2.13. The molecule has 29 heavy (non-hydrogen) atoms. The molecule has 0 N–H and O–H groups in total. The molecule has 9 heteroatoms. The number of para-hydroxylation sites is 2. The van der Waals surface area contributed by atoms with E-state index >= 15 is 0 Å². The van der Waals surface area contributed by atoms with Crippen LogP contribution in [0.15, 0.2) is 47.4 Å². The maximum absolute atomic E-state index is 13.1. The van der Waals surface area contributed by atoms with E-state index in [9.17, 15) is 13.2 Å². The summed E-state index contributed by atoms with van der Waals surface area (Å²) >= 11 is 6.18. The van der Waals surface area contributed by atoms with Gasteiger partial charge in [0.1, 0.15) is 4.90 Å². The maximum Gasteiger partial charge on any atom is 0.343 e. The summed E-state index contributed by atoms with van der Waals surface area (Å²) in [7, 11) is -2.45. The molecule has 1 fully saturated rings. The molecule has 0 amide bonds. The zero-order valence-corrected chi connectivity index (χ0v) is 17.9. The quantitative estimate of drug-likeness (QED) is 0.524. The van der Waals surface area contributed by atoms with Crippen molar-refractivity contribution in [3.63, 3.8) is 0 Å². The summed E-state index contributed by atoms with van der Waals surface area (Å²) in [6.07, 6.45) is -0.489. The molecule has 2 atom stereocenters. The van der Waals surface area contributed by atoms with Gasteiger partial charge in [-0.05, 0) is 44.2 Å². The third kappa shape index (κ3) is 4.72. The van der Waals surface area contributed by atoms with Gasteiger partial charge in [0, 0.05) is 13.1 Å². The fourth-order valence-electron chi connectivity index (χ4n) is 3.16. The van der Waals surface area contributed by atoms with Crippen molar-refractivity contribution in [1.82, 2.24) is 4.31 Å². The van der Waals surface area contributed by atoms with Crippen LogP contribution in [0.4, 0.5) is 0 Å². The minimum absolute atomic E-state index is 0.0330. The molecular weight excluding hydrogens is 418 g/mol. The average Bonchev–Trinajstić information content (AvgIpc) is 2.67. The van der Waals surface area contributed by atoms with Crippen LogP contribution in [0.25, 0.3) is 0 Å². The van der Waals surface area contributed by atoms with Crippen molar-refractivity contribution in [2.24, 2.45) is 0 Å². The molecule has 156 valence electrons. The highest BCUT2D eigenvalue weighted by Gasteiger charge is 2.34. The highest BCUT2D eigenvalue weighted by atomic mass is 35.5. The molecule has 1 saturated heterocycles. The van der Waals surface area contributed by atoms with Crippen molar-refractivity contribution in [2.75, 3.05) is 20.2 Å². The van der Waals surface area contributed by atoms with Crippen LogP contribution in [0.1, 0.15) is 24.2 Å². The van der Waals surface area contributed by atoms with Gasteiger partial charge in [-0.25, -0.2) is 13.2 Å². The Morgan fingerprint density at radius 1 is 1.10 bits per heavy atom. The third-order valence-electron chi connectivity index (χ3n) is 4.44. The molecule has 3 rings (SSSR count). The maximum atomic E-state index is 13.1. The Morgan fingerprint density at radius 2 is 1.72 bits per heavy atom. The number of rotatable bonds is 5. The Labute approximate surface area is 175 Å². The van der Waals surface area contributed by atoms with Crippen molar-refractivity contribution < 1.29 is 27.4 Å². The van der Waals surface area contributed by atoms with Crippen LogP contribution >= 0.6 is 11.6 Å². The molecule has 7 nitrogen and oxygen atoms in total. The topological polar surface area (TPSA) is 82.1 Å². The van der Waals surface area contributed by atoms with Crippen molar-refractivity contribution in [1.29, 1.82) is 0 Å². The lowest BCUT2D eigenvalue weighted by atomic mass is 10.2. The Kier molecular flexibility index (Phi) is 6.48. The van der Waals surface area contributed by atoms with Crippen molar-refractivity contribution in [2.45, 2.75) is 31.0 Å². The van der Waals surface area contributed by atoms with E-state index < -0.39 is 16.0 Å². The largest absolute Gasteiger partial charge is 0.493 e. The summed E-state index contributed by atoms with van der Waals surface area (Å²) < 4.78 is 43.8. The van der Waals surface area contributed by atoms with Gasteiger partial charge in [-0.2, -0.15) is 4.31 Å². The van der Waals surface area contributed by atoms with Gasteiger partial charge in [0.15, 0.2) is 11.5 Å². The summed E-state index contributed by atoms with van der Waals surface area (Å²) in [6.45, 7) is 4.03. The number of hydrogen-bond acceptors (Lipinski definition) is 6.